The van der Waals surface area contributed by atoms with E-state index in [2.05, 4.69) is 40.4 Å². The Bertz CT molecular complexity index is 1420. The van der Waals surface area contributed by atoms with E-state index < -0.39 is 0 Å². The first-order valence-corrected chi connectivity index (χ1v) is 15.6. The van der Waals surface area contributed by atoms with E-state index in [4.69, 9.17) is 15.2 Å². The molecule has 3 amide bonds. The van der Waals surface area contributed by atoms with Gasteiger partial charge in [-0.05, 0) is 87.5 Å². The Kier molecular flexibility index (Phi) is 10.9. The molecule has 0 saturated carbocycles. The number of nitrogen functional groups attached to an aromatic ring is 1. The van der Waals surface area contributed by atoms with Gasteiger partial charge in [-0.3, -0.25) is 4.79 Å². The van der Waals surface area contributed by atoms with E-state index in [9.17, 15) is 9.59 Å². The monoisotopic (exact) mass is 597 g/mol. The second-order valence-electron chi connectivity index (χ2n) is 11.8. The van der Waals surface area contributed by atoms with Crippen LogP contribution in [0.15, 0.2) is 89.3 Å². The third-order valence-electron chi connectivity index (χ3n) is 8.24. The Morgan fingerprint density at radius 1 is 1.11 bits per heavy atom. The summed E-state index contributed by atoms with van der Waals surface area (Å²) in [5.74, 6) is 1.45. The minimum Gasteiger partial charge on any atom is -0.488 e. The standard InChI is InChI=1S/C35H43N5O4/c1-26-16-20-39(21-17-26)18-7-19-40(35(42)38-33-25-43-24-30(44-33)22-27-8-3-2-4-9-27)23-28-12-14-29(15-13-28)34(41)37-32-11-6-5-10-31(32)36/h2-3,5-6,8,10-15,24,26H,4,7,9,16-23,25,36H2,1H3,(H,37,41). The highest BCUT2D eigenvalue weighted by Gasteiger charge is 2.21. The van der Waals surface area contributed by atoms with Crippen LogP contribution in [0.25, 0.3) is 0 Å². The topological polar surface area (TPSA) is 109 Å². The summed E-state index contributed by atoms with van der Waals surface area (Å²) >= 11 is 0. The molecule has 0 atom stereocenters. The summed E-state index contributed by atoms with van der Waals surface area (Å²) in [4.78, 5) is 34.9. The molecule has 9 heteroatoms. The van der Waals surface area contributed by atoms with E-state index in [1.54, 1.807) is 35.4 Å². The van der Waals surface area contributed by atoms with Gasteiger partial charge in [0.2, 0.25) is 5.90 Å². The van der Waals surface area contributed by atoms with Gasteiger partial charge in [0.15, 0.2) is 6.61 Å². The van der Waals surface area contributed by atoms with Crippen molar-refractivity contribution in [1.82, 2.24) is 9.80 Å². The highest BCUT2D eigenvalue weighted by atomic mass is 16.6. The number of hydrogen-bond acceptors (Lipinski definition) is 6. The maximum absolute atomic E-state index is 13.5. The molecule has 2 aromatic carbocycles. The van der Waals surface area contributed by atoms with Gasteiger partial charge < -0.3 is 30.3 Å². The van der Waals surface area contributed by atoms with Crippen LogP contribution in [0.4, 0.5) is 16.2 Å². The number of anilines is 2. The number of ether oxygens (including phenoxy) is 2. The third kappa shape index (κ3) is 9.07. The maximum Gasteiger partial charge on any atom is 0.346 e. The molecule has 3 aliphatic rings. The van der Waals surface area contributed by atoms with Crippen molar-refractivity contribution in [3.05, 3.63) is 95.5 Å². The molecule has 2 aliphatic heterocycles. The number of benzene rings is 2. The molecule has 0 bridgehead atoms. The number of nitrogens with one attached hydrogen (secondary N) is 1. The normalized spacial score (nSPS) is 18.2. The van der Waals surface area contributed by atoms with E-state index in [0.29, 0.717) is 42.2 Å². The predicted octanol–water partition coefficient (Wildman–Crippen LogP) is 6.52. The number of nitrogens with zero attached hydrogens (tertiary/aromatic N) is 3. The minimum atomic E-state index is -0.363. The lowest BCUT2D eigenvalue weighted by Crippen LogP contribution is -2.36. The molecule has 0 spiro atoms. The molecule has 5 rings (SSSR count). The number of nitrogens with two attached hydrogens (primary N) is 1. The predicted molar refractivity (Wildman–Crippen MR) is 174 cm³/mol. The quantitative estimate of drug-likeness (QED) is 0.302. The van der Waals surface area contributed by atoms with E-state index >= 15 is 0 Å². The van der Waals surface area contributed by atoms with Gasteiger partial charge in [-0.2, -0.15) is 4.99 Å². The van der Waals surface area contributed by atoms with Crippen molar-refractivity contribution in [2.75, 3.05) is 43.8 Å². The lowest BCUT2D eigenvalue weighted by atomic mass is 9.99. The SMILES string of the molecule is CC1CCN(CCCN(Cc2ccc(C(=O)Nc3ccccc3N)cc2)C(=O)N=C2COC=C(CC3=CC=CCC3)O2)CC1. The minimum absolute atomic E-state index is 0.115. The van der Waals surface area contributed by atoms with Crippen LogP contribution < -0.4 is 11.1 Å². The highest BCUT2D eigenvalue weighted by Crippen LogP contribution is 2.23. The molecular weight excluding hydrogens is 554 g/mol. The van der Waals surface area contributed by atoms with Crippen molar-refractivity contribution < 1.29 is 19.1 Å². The van der Waals surface area contributed by atoms with Crippen molar-refractivity contribution in [2.45, 2.75) is 52.0 Å². The summed E-state index contributed by atoms with van der Waals surface area (Å²) in [5.41, 5.74) is 9.71. The van der Waals surface area contributed by atoms with E-state index in [-0.39, 0.29) is 24.4 Å². The van der Waals surface area contributed by atoms with Crippen molar-refractivity contribution in [3.63, 3.8) is 0 Å². The number of aliphatic imine (C=N–C) groups is 1. The number of para-hydroxylation sites is 2. The fraction of sp³-hybridized carbons (Fsp3) is 0.400. The number of allylic oxidation sites excluding steroid dienone is 4. The average Bonchev–Trinajstić information content (AvgIpc) is 3.03. The number of carbonyl (C=O) groups is 2. The number of rotatable bonds is 10. The number of piperidine rings is 1. The second kappa shape index (κ2) is 15.4. The van der Waals surface area contributed by atoms with Crippen molar-refractivity contribution in [1.29, 1.82) is 0 Å². The zero-order chi connectivity index (χ0) is 30.7. The van der Waals surface area contributed by atoms with Gasteiger partial charge in [0.25, 0.3) is 5.91 Å². The number of urea groups is 1. The zero-order valence-corrected chi connectivity index (χ0v) is 25.5. The maximum atomic E-state index is 13.5. The van der Waals surface area contributed by atoms with Gasteiger partial charge >= 0.3 is 6.03 Å². The molecule has 0 unspecified atom stereocenters. The second-order valence-corrected chi connectivity index (χ2v) is 11.8. The van der Waals surface area contributed by atoms with Crippen LogP contribution in [0.2, 0.25) is 0 Å². The van der Waals surface area contributed by atoms with Crippen molar-refractivity contribution >= 4 is 29.2 Å². The molecule has 2 aromatic rings. The summed E-state index contributed by atoms with van der Waals surface area (Å²) in [7, 11) is 0. The van der Waals surface area contributed by atoms with Crippen molar-refractivity contribution in [3.8, 4) is 0 Å². The Hall–Kier alpha value is -4.37. The summed E-state index contributed by atoms with van der Waals surface area (Å²) in [6, 6.07) is 14.1. The Morgan fingerprint density at radius 3 is 2.66 bits per heavy atom. The van der Waals surface area contributed by atoms with E-state index in [1.807, 2.05) is 24.3 Å². The molecular formula is C35H43N5O4. The molecule has 3 N–H and O–H groups in total. The van der Waals surface area contributed by atoms with Gasteiger partial charge in [-0.1, -0.05) is 55.0 Å². The van der Waals surface area contributed by atoms with Crippen LogP contribution in [0, 0.1) is 5.92 Å². The lowest BCUT2D eigenvalue weighted by Gasteiger charge is -2.31. The molecule has 1 fully saturated rings. The van der Waals surface area contributed by atoms with Crippen LogP contribution >= 0.6 is 0 Å². The van der Waals surface area contributed by atoms with E-state index in [1.165, 1.54) is 18.4 Å². The van der Waals surface area contributed by atoms with Gasteiger partial charge in [-0.25, -0.2) is 4.79 Å². The number of hydrogen-bond donors (Lipinski definition) is 2. The van der Waals surface area contributed by atoms with Crippen LogP contribution in [0.3, 0.4) is 0 Å². The molecule has 1 aliphatic carbocycles. The van der Waals surface area contributed by atoms with Crippen molar-refractivity contribution in [2.24, 2.45) is 10.9 Å². The van der Waals surface area contributed by atoms with Gasteiger partial charge in [0, 0.05) is 25.1 Å². The zero-order valence-electron chi connectivity index (χ0n) is 25.5. The summed E-state index contributed by atoms with van der Waals surface area (Å²) in [5, 5.41) is 2.85. The molecule has 44 heavy (non-hydrogen) atoms. The van der Waals surface area contributed by atoms with Crippen LogP contribution in [0.5, 0.6) is 0 Å². The van der Waals surface area contributed by atoms with Gasteiger partial charge in [-0.15, -0.1) is 0 Å². The largest absolute Gasteiger partial charge is 0.488 e. The number of carbonyl (C=O) groups excluding carboxylic acids is 2. The number of amides is 3. The Labute approximate surface area is 260 Å². The first-order chi connectivity index (χ1) is 21.4. The first kappa shape index (κ1) is 31.1. The fourth-order valence-electron chi connectivity index (χ4n) is 5.54. The Morgan fingerprint density at radius 2 is 1.91 bits per heavy atom. The summed E-state index contributed by atoms with van der Waals surface area (Å²) in [6.07, 6.45) is 13.8. The summed E-state index contributed by atoms with van der Waals surface area (Å²) < 4.78 is 11.6. The van der Waals surface area contributed by atoms with Crippen LogP contribution in [-0.2, 0) is 16.0 Å². The third-order valence-corrected chi connectivity index (χ3v) is 8.24. The lowest BCUT2D eigenvalue weighted by molar-refractivity contribution is 0.102. The summed E-state index contributed by atoms with van der Waals surface area (Å²) in [6.45, 7) is 6.48. The molecule has 9 nitrogen and oxygen atoms in total. The fourth-order valence-corrected chi connectivity index (χ4v) is 5.54. The van der Waals surface area contributed by atoms with Crippen LogP contribution in [-0.4, -0.2) is 60.4 Å². The average molecular weight is 598 g/mol. The molecule has 0 aromatic heterocycles. The molecule has 1 saturated heterocycles. The van der Waals surface area contributed by atoms with E-state index in [0.717, 1.165) is 50.4 Å². The Balaban J connectivity index is 1.23. The molecule has 232 valence electrons. The molecule has 2 heterocycles. The molecule has 0 radical (unpaired) electrons. The smallest absolute Gasteiger partial charge is 0.346 e. The first-order valence-electron chi connectivity index (χ1n) is 15.6. The van der Waals surface area contributed by atoms with Gasteiger partial charge in [0.05, 0.1) is 11.4 Å². The van der Waals surface area contributed by atoms with Crippen LogP contribution in [0.1, 0.15) is 61.4 Å². The van der Waals surface area contributed by atoms with Gasteiger partial charge in [0.1, 0.15) is 12.0 Å². The number of likely N-dealkylation sites (tertiary alicyclic amines) is 1. The highest BCUT2D eigenvalue weighted by molar-refractivity contribution is 6.05.